The van der Waals surface area contributed by atoms with E-state index < -0.39 is 5.60 Å². The molecule has 0 amide bonds. The summed E-state index contributed by atoms with van der Waals surface area (Å²) < 4.78 is 5.66. The minimum absolute atomic E-state index is 0.0116. The number of rotatable bonds is 1. The van der Waals surface area contributed by atoms with Crippen molar-refractivity contribution in [2.45, 2.75) is 57.8 Å². The lowest BCUT2D eigenvalue weighted by molar-refractivity contribution is -0.109. The summed E-state index contributed by atoms with van der Waals surface area (Å²) in [6, 6.07) is 0. The predicted molar refractivity (Wildman–Crippen MR) is 44.5 cm³/mol. The molecule has 0 spiro atoms. The van der Waals surface area contributed by atoms with Gasteiger partial charge in [-0.2, -0.15) is 0 Å². The van der Waals surface area contributed by atoms with Gasteiger partial charge in [0.2, 0.25) is 0 Å². The lowest BCUT2D eigenvalue weighted by atomic mass is 9.98. The Morgan fingerprint density at radius 3 is 2.18 bits per heavy atom. The summed E-state index contributed by atoms with van der Waals surface area (Å²) in [6.45, 7) is 7.75. The average molecular weight is 158 g/mol. The fraction of sp³-hybridized carbons (Fsp3) is 1.00. The second kappa shape index (κ2) is 2.46. The quantitative estimate of drug-likeness (QED) is 0.629. The van der Waals surface area contributed by atoms with Crippen LogP contribution in [0.15, 0.2) is 0 Å². The van der Waals surface area contributed by atoms with Crippen LogP contribution in [-0.2, 0) is 4.74 Å². The van der Waals surface area contributed by atoms with Gasteiger partial charge in [0, 0.05) is 0 Å². The third-order valence-electron chi connectivity index (χ3n) is 2.26. The minimum Gasteiger partial charge on any atom is -0.388 e. The summed E-state index contributed by atoms with van der Waals surface area (Å²) >= 11 is 0. The van der Waals surface area contributed by atoms with Gasteiger partial charge in [0.1, 0.15) is 0 Å². The van der Waals surface area contributed by atoms with Crippen LogP contribution in [0, 0.1) is 0 Å². The van der Waals surface area contributed by atoms with Gasteiger partial charge >= 0.3 is 0 Å². The molecule has 0 radical (unpaired) electrons. The van der Waals surface area contributed by atoms with E-state index in [0.29, 0.717) is 0 Å². The maximum atomic E-state index is 9.62. The van der Waals surface area contributed by atoms with E-state index in [1.54, 1.807) is 13.8 Å². The number of ether oxygens (including phenoxy) is 1. The van der Waals surface area contributed by atoms with E-state index in [4.69, 9.17) is 4.74 Å². The second-order valence-corrected chi connectivity index (χ2v) is 4.56. The molecule has 0 aromatic rings. The topological polar surface area (TPSA) is 29.5 Å². The van der Waals surface area contributed by atoms with Crippen LogP contribution >= 0.6 is 0 Å². The summed E-state index contributed by atoms with van der Waals surface area (Å²) in [5, 5.41) is 9.62. The zero-order valence-electron chi connectivity index (χ0n) is 7.85. The Bertz CT molecular complexity index is 144. The third-order valence-corrected chi connectivity index (χ3v) is 2.26. The molecular weight excluding hydrogens is 140 g/mol. The van der Waals surface area contributed by atoms with E-state index in [2.05, 4.69) is 13.8 Å². The molecule has 1 aliphatic rings. The summed E-state index contributed by atoms with van der Waals surface area (Å²) in [5.41, 5.74) is -0.724. The van der Waals surface area contributed by atoms with Crippen LogP contribution in [0.2, 0.25) is 0 Å². The molecule has 0 saturated carbocycles. The molecule has 11 heavy (non-hydrogen) atoms. The third kappa shape index (κ3) is 2.17. The van der Waals surface area contributed by atoms with Gasteiger partial charge in [-0.3, -0.25) is 0 Å². The van der Waals surface area contributed by atoms with Crippen molar-refractivity contribution < 1.29 is 9.84 Å². The molecule has 0 aliphatic carbocycles. The lowest BCUT2D eigenvalue weighted by Gasteiger charge is -2.27. The summed E-state index contributed by atoms with van der Waals surface area (Å²) in [7, 11) is 0. The molecule has 0 bridgehead atoms. The van der Waals surface area contributed by atoms with Crippen LogP contribution in [0.5, 0.6) is 0 Å². The largest absolute Gasteiger partial charge is 0.388 e. The van der Waals surface area contributed by atoms with Crippen LogP contribution in [-0.4, -0.2) is 22.4 Å². The molecule has 1 unspecified atom stereocenters. The zero-order chi connectivity index (χ0) is 8.70. The van der Waals surface area contributed by atoms with E-state index in [9.17, 15) is 5.11 Å². The minimum atomic E-state index is -0.687. The van der Waals surface area contributed by atoms with Crippen molar-refractivity contribution in [2.75, 3.05) is 0 Å². The highest BCUT2D eigenvalue weighted by Gasteiger charge is 2.39. The molecule has 0 aromatic heterocycles. The average Bonchev–Trinajstić information content (AvgIpc) is 2.07. The van der Waals surface area contributed by atoms with E-state index in [1.165, 1.54) is 0 Å². The normalized spacial score (nSPS) is 30.8. The van der Waals surface area contributed by atoms with Crippen LogP contribution in [0.3, 0.4) is 0 Å². The van der Waals surface area contributed by atoms with Gasteiger partial charge in [-0.1, -0.05) is 0 Å². The second-order valence-electron chi connectivity index (χ2n) is 4.56. The monoisotopic (exact) mass is 158 g/mol. The van der Waals surface area contributed by atoms with Crippen molar-refractivity contribution in [1.82, 2.24) is 0 Å². The Labute approximate surface area is 68.6 Å². The standard InChI is InChI=1S/C9H18O2/c1-8(2)6-5-7(11-8)9(3,4)10/h7,10H,5-6H2,1-4H3. The molecule has 1 saturated heterocycles. The van der Waals surface area contributed by atoms with Crippen molar-refractivity contribution in [3.63, 3.8) is 0 Å². The van der Waals surface area contributed by atoms with E-state index in [1.807, 2.05) is 0 Å². The van der Waals surface area contributed by atoms with Crippen molar-refractivity contribution in [1.29, 1.82) is 0 Å². The van der Waals surface area contributed by atoms with Gasteiger partial charge in [0.25, 0.3) is 0 Å². The molecule has 66 valence electrons. The highest BCUT2D eigenvalue weighted by atomic mass is 16.5. The summed E-state index contributed by atoms with van der Waals surface area (Å²) in [4.78, 5) is 0. The molecule has 1 aliphatic heterocycles. The van der Waals surface area contributed by atoms with E-state index in [0.717, 1.165) is 12.8 Å². The summed E-state index contributed by atoms with van der Waals surface area (Å²) in [6.07, 6.45) is 2.02. The first-order valence-corrected chi connectivity index (χ1v) is 4.21. The Morgan fingerprint density at radius 1 is 1.45 bits per heavy atom. The Morgan fingerprint density at radius 2 is 2.00 bits per heavy atom. The van der Waals surface area contributed by atoms with Gasteiger partial charge in [0.15, 0.2) is 0 Å². The number of aliphatic hydroxyl groups is 1. The highest BCUT2D eigenvalue weighted by molar-refractivity contribution is 4.89. The van der Waals surface area contributed by atoms with Gasteiger partial charge in [-0.05, 0) is 40.5 Å². The number of hydrogen-bond acceptors (Lipinski definition) is 2. The molecule has 1 rings (SSSR count). The van der Waals surface area contributed by atoms with Crippen molar-refractivity contribution in [3.05, 3.63) is 0 Å². The van der Waals surface area contributed by atoms with Gasteiger partial charge in [-0.15, -0.1) is 0 Å². The van der Waals surface area contributed by atoms with Crippen LogP contribution in [0.25, 0.3) is 0 Å². The van der Waals surface area contributed by atoms with Crippen molar-refractivity contribution in [3.8, 4) is 0 Å². The molecule has 1 heterocycles. The smallest absolute Gasteiger partial charge is 0.0864 e. The molecule has 1 N–H and O–H groups in total. The molecular formula is C9H18O2. The van der Waals surface area contributed by atoms with Crippen molar-refractivity contribution in [2.24, 2.45) is 0 Å². The molecule has 1 fully saturated rings. The van der Waals surface area contributed by atoms with Crippen LogP contribution in [0.1, 0.15) is 40.5 Å². The van der Waals surface area contributed by atoms with Crippen LogP contribution < -0.4 is 0 Å². The molecule has 0 aromatic carbocycles. The molecule has 2 heteroatoms. The Kier molecular flexibility index (Phi) is 2.01. The SMILES string of the molecule is CC1(C)CCC(C(C)(C)O)O1. The number of hydrogen-bond donors (Lipinski definition) is 1. The van der Waals surface area contributed by atoms with E-state index >= 15 is 0 Å². The van der Waals surface area contributed by atoms with Gasteiger partial charge in [0.05, 0.1) is 17.3 Å². The first kappa shape index (κ1) is 9.01. The maximum Gasteiger partial charge on any atom is 0.0864 e. The summed E-state index contributed by atoms with van der Waals surface area (Å²) in [5.74, 6) is 0. The Balaban J connectivity index is 2.55. The highest BCUT2D eigenvalue weighted by Crippen LogP contribution is 2.34. The fourth-order valence-electron chi connectivity index (χ4n) is 1.48. The zero-order valence-corrected chi connectivity index (χ0v) is 7.85. The van der Waals surface area contributed by atoms with Crippen LogP contribution in [0.4, 0.5) is 0 Å². The van der Waals surface area contributed by atoms with Gasteiger partial charge < -0.3 is 9.84 Å². The molecule has 2 nitrogen and oxygen atoms in total. The van der Waals surface area contributed by atoms with Gasteiger partial charge in [-0.25, -0.2) is 0 Å². The van der Waals surface area contributed by atoms with E-state index in [-0.39, 0.29) is 11.7 Å². The maximum absolute atomic E-state index is 9.62. The fourth-order valence-corrected chi connectivity index (χ4v) is 1.48. The lowest BCUT2D eigenvalue weighted by Crippen LogP contribution is -2.37. The Hall–Kier alpha value is -0.0800. The molecule has 1 atom stereocenters. The predicted octanol–water partition coefficient (Wildman–Crippen LogP) is 1.71. The first-order chi connectivity index (χ1) is 4.81. The first-order valence-electron chi connectivity index (χ1n) is 4.21. The van der Waals surface area contributed by atoms with Crippen molar-refractivity contribution >= 4 is 0 Å².